The molecule has 1 unspecified atom stereocenters. The van der Waals surface area contributed by atoms with E-state index < -0.39 is 0 Å². The highest BCUT2D eigenvalue weighted by molar-refractivity contribution is 5.94. The molecule has 0 bridgehead atoms. The number of hydrogen-bond donors (Lipinski definition) is 2. The van der Waals surface area contributed by atoms with E-state index in [9.17, 15) is 4.79 Å². The third-order valence-corrected chi connectivity index (χ3v) is 3.71. The predicted octanol–water partition coefficient (Wildman–Crippen LogP) is 1.36. The normalized spacial score (nSPS) is 20.2. The van der Waals surface area contributed by atoms with E-state index >= 15 is 0 Å². The van der Waals surface area contributed by atoms with Crippen molar-refractivity contribution >= 4 is 5.91 Å². The van der Waals surface area contributed by atoms with Crippen LogP contribution in [0.15, 0.2) is 24.3 Å². The van der Waals surface area contributed by atoms with Crippen molar-refractivity contribution in [3.05, 3.63) is 35.4 Å². The van der Waals surface area contributed by atoms with Crippen LogP contribution in [0.5, 0.6) is 0 Å². The van der Waals surface area contributed by atoms with Gasteiger partial charge in [-0.3, -0.25) is 4.79 Å². The topological polar surface area (TPSA) is 58.4 Å². The van der Waals surface area contributed by atoms with Crippen LogP contribution < -0.4 is 11.1 Å². The molecule has 1 aromatic rings. The van der Waals surface area contributed by atoms with Crippen LogP contribution in [-0.4, -0.2) is 36.5 Å². The Morgan fingerprint density at radius 1 is 1.53 bits per heavy atom. The monoisotopic (exact) mass is 261 g/mol. The van der Waals surface area contributed by atoms with Crippen LogP contribution in [-0.2, 0) is 6.54 Å². The molecule has 0 saturated carbocycles. The average Bonchev–Trinajstić information content (AvgIpc) is 2.47. The summed E-state index contributed by atoms with van der Waals surface area (Å²) in [5.41, 5.74) is 7.30. The Morgan fingerprint density at radius 3 is 3.11 bits per heavy atom. The molecular formula is C15H23N3O. The largest absolute Gasteiger partial charge is 0.348 e. The maximum atomic E-state index is 12.2. The van der Waals surface area contributed by atoms with Gasteiger partial charge in [-0.25, -0.2) is 0 Å². The van der Waals surface area contributed by atoms with Gasteiger partial charge in [-0.1, -0.05) is 19.1 Å². The fourth-order valence-electron chi connectivity index (χ4n) is 2.57. The van der Waals surface area contributed by atoms with Gasteiger partial charge >= 0.3 is 0 Å². The lowest BCUT2D eigenvalue weighted by Gasteiger charge is -2.32. The first kappa shape index (κ1) is 14.0. The summed E-state index contributed by atoms with van der Waals surface area (Å²) in [6.45, 7) is 5.78. The molecule has 1 heterocycles. The minimum atomic E-state index is 0.0123. The zero-order valence-electron chi connectivity index (χ0n) is 11.6. The van der Waals surface area contributed by atoms with Crippen molar-refractivity contribution in [2.24, 2.45) is 5.73 Å². The lowest BCUT2D eigenvalue weighted by Crippen LogP contribution is -2.47. The summed E-state index contributed by atoms with van der Waals surface area (Å²) in [6, 6.07) is 7.81. The average molecular weight is 261 g/mol. The van der Waals surface area contributed by atoms with Gasteiger partial charge < -0.3 is 16.0 Å². The molecule has 1 amide bonds. The maximum absolute atomic E-state index is 12.2. The van der Waals surface area contributed by atoms with E-state index in [1.165, 1.54) is 0 Å². The highest BCUT2D eigenvalue weighted by Gasteiger charge is 2.20. The molecule has 1 fully saturated rings. The van der Waals surface area contributed by atoms with Crippen LogP contribution in [0.4, 0.5) is 0 Å². The van der Waals surface area contributed by atoms with Crippen molar-refractivity contribution in [1.82, 2.24) is 10.2 Å². The fraction of sp³-hybridized carbons (Fsp3) is 0.533. The number of carbonyl (C=O) groups excluding carboxylic acids is 1. The summed E-state index contributed by atoms with van der Waals surface area (Å²) in [4.78, 5) is 14.6. The van der Waals surface area contributed by atoms with Crippen molar-refractivity contribution in [3.63, 3.8) is 0 Å². The number of likely N-dealkylation sites (N-methyl/N-ethyl adjacent to an activating group) is 1. The Balaban J connectivity index is 1.96. The molecule has 0 aromatic heterocycles. The molecule has 1 saturated heterocycles. The third kappa shape index (κ3) is 3.78. The minimum Gasteiger partial charge on any atom is -0.348 e. The van der Waals surface area contributed by atoms with Crippen LogP contribution >= 0.6 is 0 Å². The minimum absolute atomic E-state index is 0.0123. The quantitative estimate of drug-likeness (QED) is 0.860. The lowest BCUT2D eigenvalue weighted by molar-refractivity contribution is 0.0906. The van der Waals surface area contributed by atoms with Crippen LogP contribution in [0.25, 0.3) is 0 Å². The van der Waals surface area contributed by atoms with E-state index in [4.69, 9.17) is 5.73 Å². The Hall–Kier alpha value is -1.39. The molecule has 0 spiro atoms. The molecular weight excluding hydrogens is 238 g/mol. The van der Waals surface area contributed by atoms with Gasteiger partial charge in [0.1, 0.15) is 0 Å². The standard InChI is InChI=1S/C15H23N3O/c1-2-18-8-4-7-14(11-18)17-15(19)13-6-3-5-12(9-13)10-16/h3,5-6,9,14H,2,4,7-8,10-11,16H2,1H3,(H,17,19). The van der Waals surface area contributed by atoms with Crippen molar-refractivity contribution in [1.29, 1.82) is 0 Å². The van der Waals surface area contributed by atoms with E-state index in [-0.39, 0.29) is 11.9 Å². The van der Waals surface area contributed by atoms with Crippen LogP contribution in [0, 0.1) is 0 Å². The number of nitrogens with one attached hydrogen (secondary N) is 1. The predicted molar refractivity (Wildman–Crippen MR) is 76.9 cm³/mol. The van der Waals surface area contributed by atoms with E-state index in [1.54, 1.807) is 0 Å². The van der Waals surface area contributed by atoms with Crippen molar-refractivity contribution in [2.75, 3.05) is 19.6 Å². The van der Waals surface area contributed by atoms with Gasteiger partial charge in [-0.2, -0.15) is 0 Å². The summed E-state index contributed by atoms with van der Waals surface area (Å²) in [5, 5.41) is 3.13. The Kier molecular flexibility index (Phi) is 4.93. The maximum Gasteiger partial charge on any atom is 0.251 e. The molecule has 19 heavy (non-hydrogen) atoms. The van der Waals surface area contributed by atoms with Gasteiger partial charge in [0.2, 0.25) is 0 Å². The lowest BCUT2D eigenvalue weighted by atomic mass is 10.0. The van der Waals surface area contributed by atoms with Gasteiger partial charge in [0.15, 0.2) is 0 Å². The highest BCUT2D eigenvalue weighted by atomic mass is 16.1. The number of rotatable bonds is 4. The number of likely N-dealkylation sites (tertiary alicyclic amines) is 1. The molecule has 1 aliphatic heterocycles. The molecule has 0 aliphatic carbocycles. The number of nitrogens with zero attached hydrogens (tertiary/aromatic N) is 1. The first-order valence-corrected chi connectivity index (χ1v) is 7.05. The van der Waals surface area contributed by atoms with Gasteiger partial charge in [0.05, 0.1) is 0 Å². The number of piperidine rings is 1. The van der Waals surface area contributed by atoms with E-state index in [0.29, 0.717) is 12.1 Å². The molecule has 4 heteroatoms. The van der Waals surface area contributed by atoms with Crippen LogP contribution in [0.1, 0.15) is 35.7 Å². The van der Waals surface area contributed by atoms with E-state index in [0.717, 1.165) is 38.0 Å². The molecule has 3 N–H and O–H groups in total. The summed E-state index contributed by atoms with van der Waals surface area (Å²) in [7, 11) is 0. The second-order valence-corrected chi connectivity index (χ2v) is 5.11. The Morgan fingerprint density at radius 2 is 2.37 bits per heavy atom. The molecule has 2 rings (SSSR count). The number of amides is 1. The first-order chi connectivity index (χ1) is 9.22. The van der Waals surface area contributed by atoms with Crippen LogP contribution in [0.2, 0.25) is 0 Å². The van der Waals surface area contributed by atoms with Crippen LogP contribution in [0.3, 0.4) is 0 Å². The fourth-order valence-corrected chi connectivity index (χ4v) is 2.57. The number of benzene rings is 1. The SMILES string of the molecule is CCN1CCCC(NC(=O)c2cccc(CN)c2)C1. The number of hydrogen-bond acceptors (Lipinski definition) is 3. The van der Waals surface area contributed by atoms with Crippen molar-refractivity contribution in [3.8, 4) is 0 Å². The summed E-state index contributed by atoms with van der Waals surface area (Å²) in [6.07, 6.45) is 2.22. The molecule has 0 radical (unpaired) electrons. The molecule has 1 aliphatic rings. The molecule has 4 nitrogen and oxygen atoms in total. The second kappa shape index (κ2) is 6.68. The summed E-state index contributed by atoms with van der Waals surface area (Å²) < 4.78 is 0. The smallest absolute Gasteiger partial charge is 0.251 e. The zero-order chi connectivity index (χ0) is 13.7. The Labute approximate surface area is 115 Å². The molecule has 1 atom stereocenters. The number of nitrogens with two attached hydrogens (primary N) is 1. The summed E-state index contributed by atoms with van der Waals surface area (Å²) in [5.74, 6) is 0.0123. The summed E-state index contributed by atoms with van der Waals surface area (Å²) >= 11 is 0. The van der Waals surface area contributed by atoms with Crippen molar-refractivity contribution in [2.45, 2.75) is 32.4 Å². The van der Waals surface area contributed by atoms with Gasteiger partial charge in [-0.15, -0.1) is 0 Å². The molecule has 104 valence electrons. The third-order valence-electron chi connectivity index (χ3n) is 3.71. The zero-order valence-corrected chi connectivity index (χ0v) is 11.6. The number of carbonyl (C=O) groups is 1. The van der Waals surface area contributed by atoms with E-state index in [2.05, 4.69) is 17.1 Å². The van der Waals surface area contributed by atoms with E-state index in [1.807, 2.05) is 24.3 Å². The van der Waals surface area contributed by atoms with Gasteiger partial charge in [0, 0.05) is 24.7 Å². The van der Waals surface area contributed by atoms with Crippen molar-refractivity contribution < 1.29 is 4.79 Å². The first-order valence-electron chi connectivity index (χ1n) is 7.05. The van der Waals surface area contributed by atoms with Gasteiger partial charge in [-0.05, 0) is 43.6 Å². The second-order valence-electron chi connectivity index (χ2n) is 5.11. The highest BCUT2D eigenvalue weighted by Crippen LogP contribution is 2.11. The Bertz CT molecular complexity index is 433. The van der Waals surface area contributed by atoms with Gasteiger partial charge in [0.25, 0.3) is 5.91 Å². The molecule has 1 aromatic carbocycles.